The first-order chi connectivity index (χ1) is 19.6. The third kappa shape index (κ3) is 6.75. The Bertz CT molecular complexity index is 1570. The van der Waals surface area contributed by atoms with Gasteiger partial charge in [0.2, 0.25) is 10.0 Å². The van der Waals surface area contributed by atoms with Gasteiger partial charge < -0.3 is 18.8 Å². The molecule has 3 aromatic rings. The highest BCUT2D eigenvalue weighted by molar-refractivity contribution is 7.89. The summed E-state index contributed by atoms with van der Waals surface area (Å²) in [5.74, 6) is 1.29. The van der Waals surface area contributed by atoms with Crippen molar-refractivity contribution in [1.82, 2.24) is 23.9 Å². The Morgan fingerprint density at radius 1 is 1.07 bits per heavy atom. The number of nitrogens with one attached hydrogen (secondary N) is 1. The van der Waals surface area contributed by atoms with Gasteiger partial charge in [0.1, 0.15) is 11.6 Å². The van der Waals surface area contributed by atoms with Crippen molar-refractivity contribution >= 4 is 23.1 Å². The summed E-state index contributed by atoms with van der Waals surface area (Å²) in [6, 6.07) is 4.60. The van der Waals surface area contributed by atoms with Crippen LogP contribution in [0.1, 0.15) is 58.5 Å². The lowest BCUT2D eigenvalue weighted by Gasteiger charge is -2.32. The zero-order chi connectivity index (χ0) is 29.8. The topological polar surface area (TPSA) is 145 Å². The van der Waals surface area contributed by atoms with E-state index in [0.29, 0.717) is 54.2 Å². The van der Waals surface area contributed by atoms with Crippen molar-refractivity contribution in [3.8, 4) is 17.1 Å². The van der Waals surface area contributed by atoms with Gasteiger partial charge in [-0.3, -0.25) is 9.36 Å². The summed E-state index contributed by atoms with van der Waals surface area (Å²) in [6.07, 6.45) is 2.81. The largest absolute Gasteiger partial charge is 0.493 e. The molecule has 3 heterocycles. The number of piperidine rings is 1. The molecule has 0 unspecified atom stereocenters. The molecule has 12 nitrogen and oxygen atoms in total. The number of nitrogens with zero attached hydrogens (tertiary/aromatic N) is 4. The van der Waals surface area contributed by atoms with Crippen molar-refractivity contribution < 1.29 is 26.8 Å². The predicted octanol–water partition coefficient (Wildman–Crippen LogP) is 4.41. The molecular formula is C27H40N5O7PS. The van der Waals surface area contributed by atoms with Crippen molar-refractivity contribution in [2.45, 2.75) is 65.2 Å². The highest BCUT2D eigenvalue weighted by atomic mass is 32.2. The Labute approximate surface area is 241 Å². The van der Waals surface area contributed by atoms with Crippen molar-refractivity contribution in [2.75, 3.05) is 39.1 Å². The van der Waals surface area contributed by atoms with Crippen molar-refractivity contribution in [2.24, 2.45) is 5.92 Å². The third-order valence-corrected chi connectivity index (χ3v) is 11.2. The van der Waals surface area contributed by atoms with Gasteiger partial charge in [-0.2, -0.15) is 4.31 Å². The lowest BCUT2D eigenvalue weighted by molar-refractivity contribution is 0.207. The molecule has 0 radical (unpaired) electrons. The highest BCUT2D eigenvalue weighted by Crippen LogP contribution is 2.51. The minimum atomic E-state index is -3.87. The van der Waals surface area contributed by atoms with Gasteiger partial charge in [0.05, 0.1) is 42.1 Å². The lowest BCUT2D eigenvalue weighted by atomic mass is 10.0. The molecule has 0 saturated carbocycles. The Kier molecular flexibility index (Phi) is 10.1. The van der Waals surface area contributed by atoms with E-state index in [2.05, 4.69) is 15.1 Å². The van der Waals surface area contributed by atoms with Gasteiger partial charge in [0, 0.05) is 19.5 Å². The van der Waals surface area contributed by atoms with Crippen molar-refractivity contribution in [3.05, 3.63) is 40.1 Å². The predicted molar refractivity (Wildman–Crippen MR) is 156 cm³/mol. The van der Waals surface area contributed by atoms with Crippen LogP contribution in [-0.2, 0) is 30.1 Å². The molecule has 1 fully saturated rings. The van der Waals surface area contributed by atoms with E-state index in [4.69, 9.17) is 13.8 Å². The molecule has 0 bridgehead atoms. The Balaban J connectivity index is 1.64. The van der Waals surface area contributed by atoms with Crippen LogP contribution < -0.4 is 10.3 Å². The summed E-state index contributed by atoms with van der Waals surface area (Å²) in [4.78, 5) is 20.4. The van der Waals surface area contributed by atoms with Crippen LogP contribution in [0.15, 0.2) is 27.9 Å². The van der Waals surface area contributed by atoms with Gasteiger partial charge in [-0.1, -0.05) is 6.92 Å². The smallest absolute Gasteiger partial charge is 0.330 e. The number of hydrogen-bond donors (Lipinski definition) is 1. The molecule has 0 atom stereocenters. The monoisotopic (exact) mass is 609 g/mol. The number of hydrogen-bond acceptors (Lipinski definition) is 9. The summed E-state index contributed by atoms with van der Waals surface area (Å²) in [7, 11) is -7.08. The minimum absolute atomic E-state index is 0.0261. The number of benzene rings is 1. The van der Waals surface area contributed by atoms with E-state index in [0.717, 1.165) is 6.42 Å². The molecule has 226 valence electrons. The fraction of sp³-hybridized carbons (Fsp3) is 0.593. The van der Waals surface area contributed by atoms with Gasteiger partial charge in [0.25, 0.3) is 5.56 Å². The average molecular weight is 610 g/mol. The van der Waals surface area contributed by atoms with Crippen LogP contribution in [0.5, 0.6) is 5.75 Å². The Hall–Kier alpha value is -2.57. The number of rotatable bonds is 13. The van der Waals surface area contributed by atoms with Crippen LogP contribution in [-0.4, -0.2) is 71.4 Å². The van der Waals surface area contributed by atoms with Gasteiger partial charge in [0.15, 0.2) is 11.3 Å². The number of aromatic amines is 1. The molecule has 2 aromatic heterocycles. The van der Waals surface area contributed by atoms with Crippen LogP contribution in [0.25, 0.3) is 16.9 Å². The summed E-state index contributed by atoms with van der Waals surface area (Å²) >= 11 is 0. The van der Waals surface area contributed by atoms with E-state index in [1.54, 1.807) is 26.8 Å². The van der Waals surface area contributed by atoms with Gasteiger partial charge in [-0.15, -0.1) is 5.10 Å². The van der Waals surface area contributed by atoms with E-state index in [1.165, 1.54) is 21.0 Å². The fourth-order valence-corrected chi connectivity index (χ4v) is 8.78. The van der Waals surface area contributed by atoms with Crippen molar-refractivity contribution in [1.29, 1.82) is 0 Å². The SMILES string of the molecule is CCCc1nc(C)c2c(=O)[nH]c(-c3cc(S(=O)(=O)N4CCC(CP(=O)(OCC)OCC)CC4)ccc3OCC)nn12. The van der Waals surface area contributed by atoms with E-state index < -0.39 is 17.6 Å². The fourth-order valence-electron chi connectivity index (χ4n) is 5.21. The quantitative estimate of drug-likeness (QED) is 0.279. The molecule has 0 spiro atoms. The average Bonchev–Trinajstić information content (AvgIpc) is 3.25. The summed E-state index contributed by atoms with van der Waals surface area (Å²) in [5.41, 5.74) is 0.943. The Morgan fingerprint density at radius 2 is 1.76 bits per heavy atom. The molecule has 41 heavy (non-hydrogen) atoms. The summed E-state index contributed by atoms with van der Waals surface area (Å²) in [6.45, 7) is 10.6. The Morgan fingerprint density at radius 3 is 2.37 bits per heavy atom. The molecular weight excluding hydrogens is 569 g/mol. The summed E-state index contributed by atoms with van der Waals surface area (Å²) < 4.78 is 60.1. The molecule has 4 rings (SSSR count). The maximum atomic E-state index is 13.7. The molecule has 1 saturated heterocycles. The van der Waals surface area contributed by atoms with E-state index >= 15 is 0 Å². The van der Waals surface area contributed by atoms with Crippen molar-refractivity contribution in [3.63, 3.8) is 0 Å². The standard InChI is InChI=1S/C27H40N5O7PS/c1-6-10-24-28-19(5)25-27(33)29-26(30-32(24)25)22-17-21(11-12-23(22)37-7-2)41(35,36)31-15-13-20(14-16-31)18-40(34,38-8-3)39-9-4/h11-12,17,20H,6-10,13-16,18H2,1-5H3,(H,29,30,33). The van der Waals surface area contributed by atoms with Gasteiger partial charge in [-0.25, -0.2) is 17.9 Å². The first-order valence-electron chi connectivity index (χ1n) is 14.2. The normalized spacial score (nSPS) is 15.5. The van der Waals surface area contributed by atoms with Crippen LogP contribution in [0.4, 0.5) is 0 Å². The second-order valence-corrected chi connectivity index (χ2v) is 14.0. The van der Waals surface area contributed by atoms with Gasteiger partial charge in [-0.05, 0) is 71.1 Å². The zero-order valence-electron chi connectivity index (χ0n) is 24.4. The molecule has 1 aliphatic heterocycles. The summed E-state index contributed by atoms with van der Waals surface area (Å²) in [5, 5.41) is 4.66. The lowest BCUT2D eigenvalue weighted by Crippen LogP contribution is -2.39. The first-order valence-corrected chi connectivity index (χ1v) is 17.4. The number of sulfonamides is 1. The second kappa shape index (κ2) is 13.2. The maximum Gasteiger partial charge on any atom is 0.330 e. The van der Waals surface area contributed by atoms with Gasteiger partial charge >= 0.3 is 7.60 Å². The van der Waals surface area contributed by atoms with E-state index in [9.17, 15) is 17.8 Å². The van der Waals surface area contributed by atoms with E-state index in [-0.39, 0.29) is 54.7 Å². The second-order valence-electron chi connectivity index (χ2n) is 9.99. The van der Waals surface area contributed by atoms with Crippen LogP contribution in [0.3, 0.4) is 0 Å². The number of H-pyrrole nitrogens is 1. The zero-order valence-corrected chi connectivity index (χ0v) is 26.1. The maximum absolute atomic E-state index is 13.7. The number of fused-ring (bicyclic) bond motifs is 1. The molecule has 1 aliphatic rings. The highest BCUT2D eigenvalue weighted by Gasteiger charge is 2.35. The molecule has 1 N–H and O–H groups in total. The van der Waals surface area contributed by atoms with E-state index in [1.807, 2.05) is 13.8 Å². The first kappa shape index (κ1) is 31.4. The molecule has 14 heteroatoms. The third-order valence-electron chi connectivity index (χ3n) is 7.07. The number of aryl methyl sites for hydroxylation is 2. The number of imidazole rings is 1. The van der Waals surface area contributed by atoms with Crippen LogP contribution in [0, 0.1) is 12.8 Å². The molecule has 0 amide bonds. The number of ether oxygens (including phenoxy) is 1. The van der Waals surface area contributed by atoms with Crippen LogP contribution >= 0.6 is 7.60 Å². The minimum Gasteiger partial charge on any atom is -0.493 e. The number of aromatic nitrogens is 4. The van der Waals surface area contributed by atoms with Crippen LogP contribution in [0.2, 0.25) is 0 Å². The molecule has 0 aliphatic carbocycles. The molecule has 1 aromatic carbocycles.